The summed E-state index contributed by atoms with van der Waals surface area (Å²) in [6.45, 7) is 2.21. The number of hydrogen-bond acceptors (Lipinski definition) is 6. The second-order valence-electron chi connectivity index (χ2n) is 6.97. The second-order valence-corrected chi connectivity index (χ2v) is 8.03. The first-order valence-electron chi connectivity index (χ1n) is 9.68. The van der Waals surface area contributed by atoms with Crippen LogP contribution >= 0.6 is 11.8 Å². The second kappa shape index (κ2) is 9.13. The molecule has 2 heterocycles. The maximum Gasteiger partial charge on any atom is 0.283 e. The fraction of sp³-hybridized carbons (Fsp3) is 0.182. The summed E-state index contributed by atoms with van der Waals surface area (Å²) in [7, 11) is 0. The predicted octanol–water partition coefficient (Wildman–Crippen LogP) is 4.24. The van der Waals surface area contributed by atoms with Gasteiger partial charge in [0, 0.05) is 49.7 Å². The van der Waals surface area contributed by atoms with Crippen LogP contribution in [0.15, 0.2) is 76.8 Å². The molecule has 0 aliphatic carbocycles. The minimum absolute atomic E-state index is 0.0320. The van der Waals surface area contributed by atoms with E-state index in [0.717, 1.165) is 5.69 Å². The van der Waals surface area contributed by atoms with Crippen molar-refractivity contribution in [3.05, 3.63) is 88.4 Å². The zero-order valence-corrected chi connectivity index (χ0v) is 17.3. The summed E-state index contributed by atoms with van der Waals surface area (Å²) >= 11 is 1.25. The molecule has 2 aromatic carbocycles. The van der Waals surface area contributed by atoms with Gasteiger partial charge in [-0.3, -0.25) is 14.9 Å². The first-order valence-corrected chi connectivity index (χ1v) is 10.5. The highest BCUT2D eigenvalue weighted by Gasteiger charge is 2.24. The van der Waals surface area contributed by atoms with Crippen LogP contribution in [-0.4, -0.2) is 46.9 Å². The molecule has 1 fully saturated rings. The van der Waals surface area contributed by atoms with E-state index in [2.05, 4.69) is 9.88 Å². The van der Waals surface area contributed by atoms with Crippen LogP contribution in [0, 0.1) is 15.9 Å². The van der Waals surface area contributed by atoms with E-state index in [9.17, 15) is 19.3 Å². The molecule has 0 unspecified atom stereocenters. The van der Waals surface area contributed by atoms with Gasteiger partial charge in [-0.2, -0.15) is 0 Å². The van der Waals surface area contributed by atoms with Crippen LogP contribution in [0.25, 0.3) is 0 Å². The van der Waals surface area contributed by atoms with Crippen LogP contribution in [0.2, 0.25) is 0 Å². The number of hydrogen-bond donors (Lipinski definition) is 0. The van der Waals surface area contributed by atoms with Crippen molar-refractivity contribution in [1.82, 2.24) is 9.88 Å². The van der Waals surface area contributed by atoms with Crippen LogP contribution in [0.3, 0.4) is 0 Å². The number of anilines is 1. The van der Waals surface area contributed by atoms with Gasteiger partial charge in [0.25, 0.3) is 11.6 Å². The molecular formula is C22H19FN4O3S. The number of nitro benzene ring substituents is 1. The van der Waals surface area contributed by atoms with Crippen molar-refractivity contribution in [3.8, 4) is 0 Å². The van der Waals surface area contributed by atoms with Crippen LogP contribution in [0.1, 0.15) is 10.4 Å². The minimum Gasteiger partial charge on any atom is -0.368 e. The lowest BCUT2D eigenvalue weighted by molar-refractivity contribution is -0.387. The van der Waals surface area contributed by atoms with Crippen molar-refractivity contribution in [2.24, 2.45) is 0 Å². The van der Waals surface area contributed by atoms with Gasteiger partial charge in [0.1, 0.15) is 10.8 Å². The number of benzene rings is 2. The molecule has 158 valence electrons. The minimum atomic E-state index is -0.394. The van der Waals surface area contributed by atoms with Crippen molar-refractivity contribution < 1.29 is 14.1 Å². The van der Waals surface area contributed by atoms with Gasteiger partial charge in [0.05, 0.1) is 9.82 Å². The summed E-state index contributed by atoms with van der Waals surface area (Å²) in [5.41, 5.74) is 1.35. The Kier molecular flexibility index (Phi) is 6.13. The molecule has 1 aromatic heterocycles. The SMILES string of the molecule is O=C(c1ccc(F)cc1)N1CCN(c2ccc([N+](=O)[O-])c(Sc3ccccn3)c2)CC1. The number of nitrogens with zero attached hydrogens (tertiary/aromatic N) is 4. The largest absolute Gasteiger partial charge is 0.368 e. The highest BCUT2D eigenvalue weighted by Crippen LogP contribution is 2.36. The molecule has 7 nitrogen and oxygen atoms in total. The molecule has 0 spiro atoms. The molecule has 0 radical (unpaired) electrons. The predicted molar refractivity (Wildman–Crippen MR) is 116 cm³/mol. The van der Waals surface area contributed by atoms with Gasteiger partial charge in [-0.15, -0.1) is 0 Å². The normalized spacial score (nSPS) is 13.8. The molecule has 3 aromatic rings. The molecule has 4 rings (SSSR count). The third-order valence-corrected chi connectivity index (χ3v) is 6.01. The van der Waals surface area contributed by atoms with Crippen LogP contribution in [0.5, 0.6) is 0 Å². The first-order chi connectivity index (χ1) is 15.0. The van der Waals surface area contributed by atoms with Gasteiger partial charge in [-0.1, -0.05) is 17.8 Å². The lowest BCUT2D eigenvalue weighted by atomic mass is 10.1. The first kappa shape index (κ1) is 20.8. The third kappa shape index (κ3) is 4.83. The summed E-state index contributed by atoms with van der Waals surface area (Å²) < 4.78 is 13.1. The summed E-state index contributed by atoms with van der Waals surface area (Å²) in [6.07, 6.45) is 1.65. The zero-order valence-electron chi connectivity index (χ0n) is 16.5. The zero-order chi connectivity index (χ0) is 21.8. The smallest absolute Gasteiger partial charge is 0.283 e. The maximum atomic E-state index is 13.1. The van der Waals surface area contributed by atoms with Gasteiger partial charge in [0.2, 0.25) is 0 Å². The highest BCUT2D eigenvalue weighted by atomic mass is 32.2. The Balaban J connectivity index is 1.48. The van der Waals surface area contributed by atoms with E-state index in [0.29, 0.717) is 41.7 Å². The van der Waals surface area contributed by atoms with Gasteiger partial charge < -0.3 is 9.80 Å². The Morgan fingerprint density at radius 2 is 1.77 bits per heavy atom. The molecule has 0 saturated carbocycles. The van der Waals surface area contributed by atoms with Crippen molar-refractivity contribution in [2.75, 3.05) is 31.1 Å². The number of halogens is 1. The molecule has 1 amide bonds. The van der Waals surface area contributed by atoms with Crippen LogP contribution in [0.4, 0.5) is 15.8 Å². The van der Waals surface area contributed by atoms with Gasteiger partial charge in [-0.25, -0.2) is 9.37 Å². The van der Waals surface area contributed by atoms with Crippen LogP contribution in [-0.2, 0) is 0 Å². The number of piperazine rings is 1. The van der Waals surface area contributed by atoms with E-state index in [1.165, 1.54) is 42.1 Å². The van der Waals surface area contributed by atoms with Crippen molar-refractivity contribution in [1.29, 1.82) is 0 Å². The Bertz CT molecular complexity index is 1090. The number of carbonyl (C=O) groups excluding carboxylic acids is 1. The Morgan fingerprint density at radius 1 is 1.03 bits per heavy atom. The van der Waals surface area contributed by atoms with E-state index in [-0.39, 0.29) is 17.4 Å². The Morgan fingerprint density at radius 3 is 2.42 bits per heavy atom. The fourth-order valence-electron chi connectivity index (χ4n) is 3.39. The number of pyridine rings is 1. The average Bonchev–Trinajstić information content (AvgIpc) is 2.80. The molecular weight excluding hydrogens is 419 g/mol. The van der Waals surface area contributed by atoms with E-state index in [1.54, 1.807) is 35.4 Å². The van der Waals surface area contributed by atoms with E-state index >= 15 is 0 Å². The average molecular weight is 438 g/mol. The summed E-state index contributed by atoms with van der Waals surface area (Å²) in [4.78, 5) is 32.3. The Labute approximate surface area is 182 Å². The molecule has 31 heavy (non-hydrogen) atoms. The fourth-order valence-corrected chi connectivity index (χ4v) is 4.31. The van der Waals surface area contributed by atoms with Gasteiger partial charge >= 0.3 is 0 Å². The molecule has 0 atom stereocenters. The van der Waals surface area contributed by atoms with Gasteiger partial charge in [-0.05, 0) is 48.5 Å². The lowest BCUT2D eigenvalue weighted by Crippen LogP contribution is -2.48. The quantitative estimate of drug-likeness (QED) is 0.438. The monoisotopic (exact) mass is 438 g/mol. The number of rotatable bonds is 5. The van der Waals surface area contributed by atoms with Crippen molar-refractivity contribution in [2.45, 2.75) is 9.92 Å². The van der Waals surface area contributed by atoms with E-state index < -0.39 is 4.92 Å². The highest BCUT2D eigenvalue weighted by molar-refractivity contribution is 7.99. The van der Waals surface area contributed by atoms with Crippen LogP contribution < -0.4 is 4.90 Å². The lowest BCUT2D eigenvalue weighted by Gasteiger charge is -2.36. The molecule has 1 aliphatic rings. The number of nitro groups is 1. The van der Waals surface area contributed by atoms with Crippen molar-refractivity contribution >= 4 is 29.0 Å². The molecule has 9 heteroatoms. The molecule has 1 aliphatic heterocycles. The topological polar surface area (TPSA) is 79.6 Å². The Hall–Kier alpha value is -3.46. The summed E-state index contributed by atoms with van der Waals surface area (Å²) in [5, 5.41) is 12.1. The number of carbonyl (C=O) groups is 1. The number of aromatic nitrogens is 1. The molecule has 0 bridgehead atoms. The van der Waals surface area contributed by atoms with E-state index in [4.69, 9.17) is 0 Å². The third-order valence-electron chi connectivity index (χ3n) is 5.02. The summed E-state index contributed by atoms with van der Waals surface area (Å²) in [6, 6.07) is 16.0. The van der Waals surface area contributed by atoms with E-state index in [1.807, 2.05) is 6.07 Å². The number of amides is 1. The molecule has 1 saturated heterocycles. The summed E-state index contributed by atoms with van der Waals surface area (Å²) in [5.74, 6) is -0.506. The van der Waals surface area contributed by atoms with Crippen molar-refractivity contribution in [3.63, 3.8) is 0 Å². The molecule has 0 N–H and O–H groups in total. The maximum absolute atomic E-state index is 13.1. The van der Waals surface area contributed by atoms with Gasteiger partial charge in [0.15, 0.2) is 0 Å². The standard InChI is InChI=1S/C22H19FN4O3S/c23-17-6-4-16(5-7-17)22(28)26-13-11-25(12-14-26)18-8-9-19(27(29)30)20(15-18)31-21-3-1-2-10-24-21/h1-10,15H,11-14H2.